The summed E-state index contributed by atoms with van der Waals surface area (Å²) in [5.41, 5.74) is 0.702. The second-order valence-corrected chi connectivity index (χ2v) is 9.61. The molecule has 6 nitrogen and oxygen atoms in total. The molecule has 0 saturated heterocycles. The number of ether oxygens (including phenoxy) is 1. The van der Waals surface area contributed by atoms with Gasteiger partial charge in [-0.05, 0) is 48.5 Å². The van der Waals surface area contributed by atoms with E-state index >= 15 is 0 Å². The molecule has 3 aromatic rings. The van der Waals surface area contributed by atoms with Gasteiger partial charge < -0.3 is 10.1 Å². The molecule has 0 heterocycles. The molecule has 0 fully saturated rings. The van der Waals surface area contributed by atoms with Crippen LogP contribution in [0.1, 0.15) is 0 Å². The predicted molar refractivity (Wildman–Crippen MR) is 123 cm³/mol. The van der Waals surface area contributed by atoms with Crippen LogP contribution in [0.15, 0.2) is 77.3 Å². The summed E-state index contributed by atoms with van der Waals surface area (Å²) in [6.07, 6.45) is 1.05. The number of carbonyl (C=O) groups excluding carboxylic acids is 1. The molecule has 0 aliphatic carbocycles. The van der Waals surface area contributed by atoms with Gasteiger partial charge in [0, 0.05) is 9.50 Å². The third kappa shape index (κ3) is 5.98. The fraction of sp³-hybridized carbons (Fsp3) is 0.0952. The van der Waals surface area contributed by atoms with E-state index < -0.39 is 22.5 Å². The third-order valence-electron chi connectivity index (χ3n) is 3.97. The highest BCUT2D eigenvalue weighted by Gasteiger charge is 2.22. The molecule has 0 aliphatic heterocycles. The van der Waals surface area contributed by atoms with Crippen molar-refractivity contribution in [2.75, 3.05) is 22.4 Å². The zero-order chi connectivity index (χ0) is 21.7. The first-order chi connectivity index (χ1) is 14.2. The topological polar surface area (TPSA) is 75.7 Å². The molecule has 3 rings (SSSR count). The van der Waals surface area contributed by atoms with E-state index in [9.17, 15) is 13.2 Å². The number of hydrogen-bond acceptors (Lipinski definition) is 4. The number of amides is 1. The summed E-state index contributed by atoms with van der Waals surface area (Å²) in [5, 5.41) is 3.09. The van der Waals surface area contributed by atoms with Gasteiger partial charge in [0.1, 0.15) is 12.3 Å². The smallest absolute Gasteiger partial charge is 0.245 e. The van der Waals surface area contributed by atoms with Gasteiger partial charge in [-0.3, -0.25) is 9.10 Å². The van der Waals surface area contributed by atoms with E-state index in [1.165, 1.54) is 0 Å². The first kappa shape index (κ1) is 22.1. The Kier molecular flexibility index (Phi) is 7.02. The lowest BCUT2D eigenvalue weighted by atomic mass is 10.2. The number of nitrogens with zero attached hydrogens (tertiary/aromatic N) is 1. The lowest BCUT2D eigenvalue weighted by molar-refractivity contribution is -0.114. The van der Waals surface area contributed by atoms with Crippen LogP contribution < -0.4 is 14.4 Å². The number of anilines is 2. The van der Waals surface area contributed by atoms with Gasteiger partial charge in [0.05, 0.1) is 17.6 Å². The fourth-order valence-electron chi connectivity index (χ4n) is 2.66. The molecule has 3 aromatic carbocycles. The maximum Gasteiger partial charge on any atom is 0.245 e. The molecule has 0 radical (unpaired) electrons. The van der Waals surface area contributed by atoms with Crippen molar-refractivity contribution in [2.45, 2.75) is 0 Å². The fourth-order valence-corrected chi connectivity index (χ4v) is 4.06. The van der Waals surface area contributed by atoms with Gasteiger partial charge in [0.2, 0.25) is 15.9 Å². The SMILES string of the molecule is CS(=O)(=O)N(CC(=O)Nc1cc(Cl)ccc1Oc1ccccc1)c1cccc(Br)c1. The number of para-hydroxylation sites is 1. The maximum atomic E-state index is 12.7. The molecule has 0 atom stereocenters. The number of halogens is 2. The molecular formula is C21H18BrClN2O4S. The number of sulfonamides is 1. The molecule has 0 saturated carbocycles. The summed E-state index contributed by atoms with van der Waals surface area (Å²) >= 11 is 9.39. The molecular weight excluding hydrogens is 492 g/mol. The van der Waals surface area contributed by atoms with Crippen molar-refractivity contribution < 1.29 is 17.9 Å². The summed E-state index contributed by atoms with van der Waals surface area (Å²) in [7, 11) is -3.69. The molecule has 0 bridgehead atoms. The molecule has 1 amide bonds. The Morgan fingerprint density at radius 3 is 2.47 bits per heavy atom. The van der Waals surface area contributed by atoms with Crippen LogP contribution in [-0.4, -0.2) is 27.1 Å². The van der Waals surface area contributed by atoms with Crippen molar-refractivity contribution in [3.05, 3.63) is 82.3 Å². The summed E-state index contributed by atoms with van der Waals surface area (Å²) in [6.45, 7) is -0.410. The van der Waals surface area contributed by atoms with Gasteiger partial charge in [0.15, 0.2) is 5.75 Å². The summed E-state index contributed by atoms with van der Waals surface area (Å²) in [6, 6.07) is 20.6. The number of hydrogen-bond donors (Lipinski definition) is 1. The Hall–Kier alpha value is -2.55. The lowest BCUT2D eigenvalue weighted by Gasteiger charge is -2.22. The molecule has 156 valence electrons. The molecule has 0 aliphatic rings. The summed E-state index contributed by atoms with van der Waals surface area (Å²) < 4.78 is 32.1. The van der Waals surface area contributed by atoms with Crippen LogP contribution in [0.4, 0.5) is 11.4 Å². The molecule has 0 unspecified atom stereocenters. The van der Waals surface area contributed by atoms with Gasteiger partial charge in [0.25, 0.3) is 0 Å². The first-order valence-corrected chi connectivity index (χ1v) is 11.8. The minimum Gasteiger partial charge on any atom is -0.455 e. The minimum atomic E-state index is -3.69. The number of benzene rings is 3. The zero-order valence-electron chi connectivity index (χ0n) is 15.9. The van der Waals surface area contributed by atoms with Gasteiger partial charge in [-0.25, -0.2) is 8.42 Å². The quantitative estimate of drug-likeness (QED) is 0.469. The number of nitrogens with one attached hydrogen (secondary N) is 1. The van der Waals surface area contributed by atoms with E-state index in [1.54, 1.807) is 54.6 Å². The van der Waals surface area contributed by atoms with Crippen molar-refractivity contribution in [1.29, 1.82) is 0 Å². The molecule has 1 N–H and O–H groups in total. The number of rotatable bonds is 7. The van der Waals surface area contributed by atoms with E-state index in [2.05, 4.69) is 21.2 Å². The molecule has 30 heavy (non-hydrogen) atoms. The summed E-state index contributed by atoms with van der Waals surface area (Å²) in [5.74, 6) is 0.426. The maximum absolute atomic E-state index is 12.7. The van der Waals surface area contributed by atoms with Crippen LogP contribution >= 0.6 is 27.5 Å². The van der Waals surface area contributed by atoms with Crippen molar-refractivity contribution >= 4 is 54.8 Å². The Labute approximate surface area is 188 Å². The highest BCUT2D eigenvalue weighted by atomic mass is 79.9. The van der Waals surface area contributed by atoms with E-state index in [-0.39, 0.29) is 0 Å². The zero-order valence-corrected chi connectivity index (χ0v) is 19.0. The average molecular weight is 510 g/mol. The normalized spacial score (nSPS) is 11.0. The van der Waals surface area contributed by atoms with Crippen LogP contribution in [0.5, 0.6) is 11.5 Å². The van der Waals surface area contributed by atoms with E-state index in [4.69, 9.17) is 16.3 Å². The highest BCUT2D eigenvalue weighted by Crippen LogP contribution is 2.32. The van der Waals surface area contributed by atoms with Crippen LogP contribution in [-0.2, 0) is 14.8 Å². The van der Waals surface area contributed by atoms with Gasteiger partial charge >= 0.3 is 0 Å². The van der Waals surface area contributed by atoms with Crippen molar-refractivity contribution in [3.8, 4) is 11.5 Å². The monoisotopic (exact) mass is 508 g/mol. The Morgan fingerprint density at radius 1 is 1.07 bits per heavy atom. The standard InChI is InChI=1S/C21H18BrClN2O4S/c1-30(27,28)25(17-7-5-6-15(22)12-17)14-21(26)24-19-13-16(23)10-11-20(19)29-18-8-3-2-4-9-18/h2-13H,14H2,1H3,(H,24,26). The van der Waals surface area contributed by atoms with Gasteiger partial charge in [-0.2, -0.15) is 0 Å². The van der Waals surface area contributed by atoms with E-state index in [1.807, 2.05) is 18.2 Å². The van der Waals surface area contributed by atoms with Gasteiger partial charge in [-0.15, -0.1) is 0 Å². The Balaban J connectivity index is 1.83. The van der Waals surface area contributed by atoms with Crippen molar-refractivity contribution in [3.63, 3.8) is 0 Å². The Morgan fingerprint density at radius 2 is 1.80 bits per heavy atom. The van der Waals surface area contributed by atoms with Crippen molar-refractivity contribution in [1.82, 2.24) is 0 Å². The van der Waals surface area contributed by atoms with Crippen LogP contribution in [0, 0.1) is 0 Å². The second-order valence-electron chi connectivity index (χ2n) is 6.35. The minimum absolute atomic E-state index is 0.332. The first-order valence-electron chi connectivity index (χ1n) is 8.78. The lowest BCUT2D eigenvalue weighted by Crippen LogP contribution is -2.37. The van der Waals surface area contributed by atoms with Crippen LogP contribution in [0.3, 0.4) is 0 Å². The van der Waals surface area contributed by atoms with E-state index in [0.717, 1.165) is 10.6 Å². The van der Waals surface area contributed by atoms with Crippen LogP contribution in [0.25, 0.3) is 0 Å². The third-order valence-corrected chi connectivity index (χ3v) is 5.84. The average Bonchev–Trinajstić information content (AvgIpc) is 2.68. The molecule has 9 heteroatoms. The Bertz CT molecular complexity index is 1160. The van der Waals surface area contributed by atoms with Crippen molar-refractivity contribution in [2.24, 2.45) is 0 Å². The summed E-state index contributed by atoms with van der Waals surface area (Å²) in [4.78, 5) is 12.7. The second kappa shape index (κ2) is 9.51. The molecule has 0 spiro atoms. The highest BCUT2D eigenvalue weighted by molar-refractivity contribution is 9.10. The van der Waals surface area contributed by atoms with E-state index in [0.29, 0.717) is 32.4 Å². The van der Waals surface area contributed by atoms with Gasteiger partial charge in [-0.1, -0.05) is 51.8 Å². The number of carbonyl (C=O) groups is 1. The molecule has 0 aromatic heterocycles. The van der Waals surface area contributed by atoms with Crippen LogP contribution in [0.2, 0.25) is 5.02 Å². The predicted octanol–water partition coefficient (Wildman–Crippen LogP) is 5.30. The largest absolute Gasteiger partial charge is 0.455 e.